The number of methoxy groups -OCH3 is 2. The molecule has 1 aromatic carbocycles. The van der Waals surface area contributed by atoms with Crippen LogP contribution in [0.2, 0.25) is 0 Å². The molecule has 0 atom stereocenters. The van der Waals surface area contributed by atoms with E-state index in [1.807, 2.05) is 18.2 Å². The van der Waals surface area contributed by atoms with Gasteiger partial charge in [-0.15, -0.1) is 0 Å². The molecule has 10 nitrogen and oxygen atoms in total. The maximum Gasteiger partial charge on any atom is 0.265 e. The van der Waals surface area contributed by atoms with E-state index in [1.54, 1.807) is 12.3 Å². The summed E-state index contributed by atoms with van der Waals surface area (Å²) in [5, 5.41) is 0. The lowest BCUT2D eigenvalue weighted by Crippen LogP contribution is -2.47. The monoisotopic (exact) mass is 456 g/mol. The summed E-state index contributed by atoms with van der Waals surface area (Å²) in [5.74, 6) is 2.18. The predicted octanol–water partition coefficient (Wildman–Crippen LogP) is 2.02. The van der Waals surface area contributed by atoms with Crippen LogP contribution in [0.25, 0.3) is 0 Å². The Balaban J connectivity index is 1.42. The van der Waals surface area contributed by atoms with Crippen molar-refractivity contribution in [3.05, 3.63) is 55.0 Å². The summed E-state index contributed by atoms with van der Waals surface area (Å²) >= 11 is 0. The first-order valence-electron chi connectivity index (χ1n) is 9.98. The molecule has 32 heavy (non-hydrogen) atoms. The number of hydrogen-bond acceptors (Lipinski definition) is 9. The summed E-state index contributed by atoms with van der Waals surface area (Å²) in [6.07, 6.45) is 4.70. The van der Waals surface area contributed by atoms with E-state index in [0.29, 0.717) is 11.7 Å². The average Bonchev–Trinajstić information content (AvgIpc) is 2.84. The van der Waals surface area contributed by atoms with Crippen molar-refractivity contribution in [1.82, 2.24) is 15.0 Å². The number of ether oxygens (including phenoxy) is 2. The van der Waals surface area contributed by atoms with Crippen LogP contribution in [0.4, 0.5) is 17.5 Å². The third-order valence-electron chi connectivity index (χ3n) is 5.09. The summed E-state index contributed by atoms with van der Waals surface area (Å²) in [6.45, 7) is 3.08. The Labute approximate surface area is 186 Å². The number of anilines is 3. The third-order valence-corrected chi connectivity index (χ3v) is 6.51. The van der Waals surface area contributed by atoms with Crippen LogP contribution < -0.4 is 24.0 Å². The summed E-state index contributed by atoms with van der Waals surface area (Å²) in [7, 11) is -0.994. The average molecular weight is 457 g/mol. The summed E-state index contributed by atoms with van der Waals surface area (Å²) in [5.41, 5.74) is 0.263. The Morgan fingerprint density at radius 3 is 2.25 bits per heavy atom. The van der Waals surface area contributed by atoms with Crippen molar-refractivity contribution in [3.63, 3.8) is 0 Å². The topological polar surface area (TPSA) is 110 Å². The van der Waals surface area contributed by atoms with Crippen molar-refractivity contribution < 1.29 is 17.9 Å². The van der Waals surface area contributed by atoms with Gasteiger partial charge in [-0.05, 0) is 24.3 Å². The van der Waals surface area contributed by atoms with Crippen LogP contribution in [0.1, 0.15) is 0 Å². The van der Waals surface area contributed by atoms with Gasteiger partial charge in [-0.1, -0.05) is 6.07 Å². The Morgan fingerprint density at radius 1 is 0.906 bits per heavy atom. The molecule has 0 saturated carbocycles. The Bertz CT molecular complexity index is 1150. The first-order valence-corrected chi connectivity index (χ1v) is 11.5. The van der Waals surface area contributed by atoms with Crippen molar-refractivity contribution in [3.8, 4) is 11.5 Å². The first-order chi connectivity index (χ1) is 15.5. The van der Waals surface area contributed by atoms with Crippen LogP contribution in [-0.4, -0.2) is 63.8 Å². The van der Waals surface area contributed by atoms with E-state index >= 15 is 0 Å². The van der Waals surface area contributed by atoms with Gasteiger partial charge in [0.2, 0.25) is 5.95 Å². The molecule has 0 amide bonds. The summed E-state index contributed by atoms with van der Waals surface area (Å²) < 4.78 is 38.5. The molecule has 1 N–H and O–H groups in total. The Kier molecular flexibility index (Phi) is 6.26. The molecule has 0 radical (unpaired) electrons. The zero-order valence-electron chi connectivity index (χ0n) is 17.8. The van der Waals surface area contributed by atoms with Gasteiger partial charge in [-0.25, -0.2) is 23.4 Å². The molecule has 1 saturated heterocycles. The lowest BCUT2D eigenvalue weighted by atomic mass is 10.3. The van der Waals surface area contributed by atoms with Crippen LogP contribution in [0.15, 0.2) is 59.9 Å². The molecular weight excluding hydrogens is 432 g/mol. The van der Waals surface area contributed by atoms with Crippen molar-refractivity contribution in [2.24, 2.45) is 0 Å². The molecule has 3 aromatic rings. The molecular formula is C21H24N6O4S. The molecule has 1 aliphatic rings. The summed E-state index contributed by atoms with van der Waals surface area (Å²) in [6, 6.07) is 10.4. The maximum absolute atomic E-state index is 12.8. The highest BCUT2D eigenvalue weighted by Crippen LogP contribution is 2.29. The van der Waals surface area contributed by atoms with E-state index in [2.05, 4.69) is 29.5 Å². The SMILES string of the molecule is COc1ccc(S(=O)(=O)Nc2cnc(N3CCN(c4ccccn4)CC3)nc2)c(OC)c1. The molecule has 0 spiro atoms. The fourth-order valence-electron chi connectivity index (χ4n) is 3.42. The van der Waals surface area contributed by atoms with Gasteiger partial charge in [-0.2, -0.15) is 0 Å². The molecule has 0 aliphatic carbocycles. The number of benzene rings is 1. The molecule has 1 aliphatic heterocycles. The zero-order chi connectivity index (χ0) is 22.6. The Morgan fingerprint density at radius 2 is 1.62 bits per heavy atom. The predicted molar refractivity (Wildman–Crippen MR) is 121 cm³/mol. The molecule has 3 heterocycles. The molecule has 4 rings (SSSR count). The first kappa shape index (κ1) is 21.6. The van der Waals surface area contributed by atoms with Gasteiger partial charge in [-0.3, -0.25) is 4.72 Å². The number of aromatic nitrogens is 3. The Hall–Kier alpha value is -3.60. The van der Waals surface area contributed by atoms with Gasteiger partial charge in [0.15, 0.2) is 0 Å². The standard InChI is InChI=1S/C21H24N6O4S/c1-30-17-6-7-19(18(13-17)31-2)32(28,29)25-16-14-23-21(24-15-16)27-11-9-26(10-12-27)20-5-3-4-8-22-20/h3-8,13-15,25H,9-12H2,1-2H3. The van der Waals surface area contributed by atoms with Crippen molar-refractivity contribution in [2.75, 3.05) is 54.9 Å². The van der Waals surface area contributed by atoms with Crippen molar-refractivity contribution in [2.45, 2.75) is 4.90 Å². The van der Waals surface area contributed by atoms with Crippen molar-refractivity contribution >= 4 is 27.5 Å². The van der Waals surface area contributed by atoms with Gasteiger partial charge in [0.1, 0.15) is 22.2 Å². The molecule has 168 valence electrons. The van der Waals surface area contributed by atoms with Gasteiger partial charge in [0, 0.05) is 38.4 Å². The molecule has 2 aromatic heterocycles. The van der Waals surface area contributed by atoms with Gasteiger partial charge < -0.3 is 19.3 Å². The normalized spacial score (nSPS) is 14.2. The highest BCUT2D eigenvalue weighted by Gasteiger charge is 2.22. The van der Waals surface area contributed by atoms with E-state index in [1.165, 1.54) is 38.7 Å². The minimum absolute atomic E-state index is 0.00415. The second-order valence-corrected chi connectivity index (χ2v) is 8.71. The maximum atomic E-state index is 12.8. The van der Waals surface area contributed by atoms with E-state index in [-0.39, 0.29) is 16.3 Å². The molecule has 11 heteroatoms. The van der Waals surface area contributed by atoms with Crippen LogP contribution in [0.5, 0.6) is 11.5 Å². The highest BCUT2D eigenvalue weighted by molar-refractivity contribution is 7.92. The van der Waals surface area contributed by atoms with E-state index in [0.717, 1.165) is 32.0 Å². The number of hydrogen-bond donors (Lipinski definition) is 1. The number of sulfonamides is 1. The minimum Gasteiger partial charge on any atom is -0.497 e. The second kappa shape index (κ2) is 9.27. The molecule has 1 fully saturated rings. The van der Waals surface area contributed by atoms with Crippen LogP contribution >= 0.6 is 0 Å². The van der Waals surface area contributed by atoms with E-state index in [9.17, 15) is 8.42 Å². The molecule has 0 bridgehead atoms. The quantitative estimate of drug-likeness (QED) is 0.571. The van der Waals surface area contributed by atoms with E-state index < -0.39 is 10.0 Å². The fourth-order valence-corrected chi connectivity index (χ4v) is 4.60. The number of nitrogens with zero attached hydrogens (tertiary/aromatic N) is 5. The number of piperazine rings is 1. The second-order valence-electron chi connectivity index (χ2n) is 7.06. The van der Waals surface area contributed by atoms with Gasteiger partial charge >= 0.3 is 0 Å². The zero-order valence-corrected chi connectivity index (χ0v) is 18.6. The van der Waals surface area contributed by atoms with Crippen LogP contribution in [-0.2, 0) is 10.0 Å². The number of pyridine rings is 1. The third kappa shape index (κ3) is 4.67. The number of rotatable bonds is 7. The van der Waals surface area contributed by atoms with E-state index in [4.69, 9.17) is 9.47 Å². The number of nitrogens with one attached hydrogen (secondary N) is 1. The van der Waals surface area contributed by atoms with Crippen LogP contribution in [0.3, 0.4) is 0 Å². The fraction of sp³-hybridized carbons (Fsp3) is 0.286. The molecule has 0 unspecified atom stereocenters. The lowest BCUT2D eigenvalue weighted by Gasteiger charge is -2.35. The van der Waals surface area contributed by atoms with Crippen LogP contribution in [0, 0.1) is 0 Å². The van der Waals surface area contributed by atoms with Crippen molar-refractivity contribution in [1.29, 1.82) is 0 Å². The minimum atomic E-state index is -3.89. The lowest BCUT2D eigenvalue weighted by molar-refractivity contribution is 0.386. The van der Waals surface area contributed by atoms with Gasteiger partial charge in [0.25, 0.3) is 10.0 Å². The highest BCUT2D eigenvalue weighted by atomic mass is 32.2. The van der Waals surface area contributed by atoms with Gasteiger partial charge in [0.05, 0.1) is 32.3 Å². The smallest absolute Gasteiger partial charge is 0.265 e. The summed E-state index contributed by atoms with van der Waals surface area (Å²) in [4.78, 5) is 17.4. The largest absolute Gasteiger partial charge is 0.497 e.